The molecule has 0 aliphatic carbocycles. The van der Waals surface area contributed by atoms with Crippen molar-refractivity contribution in [2.45, 2.75) is 26.9 Å². The third-order valence-electron chi connectivity index (χ3n) is 3.03. The molecule has 19 heavy (non-hydrogen) atoms. The van der Waals surface area contributed by atoms with Crippen molar-refractivity contribution in [1.29, 1.82) is 0 Å². The zero-order valence-electron chi connectivity index (χ0n) is 11.6. The fraction of sp³-hybridized carbons (Fsp3) is 0.400. The molecule has 1 aromatic carbocycles. The maximum atomic E-state index is 5.56. The highest BCUT2D eigenvalue weighted by Gasteiger charge is 2.21. The summed E-state index contributed by atoms with van der Waals surface area (Å²) < 4.78 is 6.65. The van der Waals surface area contributed by atoms with Crippen LogP contribution in [0.5, 0.6) is 0 Å². The lowest BCUT2D eigenvalue weighted by Gasteiger charge is -2.15. The molecular weight excluding hydrogens is 322 g/mol. The number of ether oxygens (including phenoxy) is 1. The molecule has 2 rings (SSSR count). The van der Waals surface area contributed by atoms with Crippen molar-refractivity contribution in [2.75, 3.05) is 7.11 Å². The molecule has 1 unspecified atom stereocenters. The number of halogens is 1. The Hall–Kier alpha value is -0.710. The van der Waals surface area contributed by atoms with Crippen LogP contribution in [0.4, 0.5) is 0 Å². The van der Waals surface area contributed by atoms with Gasteiger partial charge in [0.25, 0.3) is 0 Å². The van der Waals surface area contributed by atoms with Crippen molar-refractivity contribution >= 4 is 27.3 Å². The van der Waals surface area contributed by atoms with E-state index in [2.05, 4.69) is 48.8 Å². The third-order valence-corrected chi connectivity index (χ3v) is 4.59. The monoisotopic (exact) mass is 339 g/mol. The number of benzene rings is 1. The SMILES string of the molecule is COC(c1nc(-c2ccc(Br)cc2)c(C)s1)C(C)C. The predicted octanol–water partition coefficient (Wildman–Crippen LogP) is 5.22. The van der Waals surface area contributed by atoms with Crippen molar-refractivity contribution in [3.8, 4) is 11.3 Å². The lowest BCUT2D eigenvalue weighted by Crippen LogP contribution is -2.08. The predicted molar refractivity (Wildman–Crippen MR) is 84.6 cm³/mol. The molecule has 102 valence electrons. The Morgan fingerprint density at radius 2 is 1.84 bits per heavy atom. The first-order chi connectivity index (χ1) is 9.02. The molecule has 0 radical (unpaired) electrons. The third kappa shape index (κ3) is 3.25. The summed E-state index contributed by atoms with van der Waals surface area (Å²) in [6.07, 6.45) is 0.0768. The second kappa shape index (κ2) is 6.16. The molecule has 0 aliphatic heterocycles. The standard InChI is InChI=1S/C15H18BrNOS/c1-9(2)14(18-4)15-17-13(10(3)19-15)11-5-7-12(16)8-6-11/h5-9,14H,1-4H3. The van der Waals surface area contributed by atoms with E-state index in [1.807, 2.05) is 12.1 Å². The van der Waals surface area contributed by atoms with Crippen LogP contribution in [-0.2, 0) is 4.74 Å². The van der Waals surface area contributed by atoms with Gasteiger partial charge in [-0.3, -0.25) is 0 Å². The highest BCUT2D eigenvalue weighted by atomic mass is 79.9. The fourth-order valence-electron chi connectivity index (χ4n) is 2.07. The highest BCUT2D eigenvalue weighted by molar-refractivity contribution is 9.10. The van der Waals surface area contributed by atoms with Gasteiger partial charge < -0.3 is 4.74 Å². The number of aromatic nitrogens is 1. The Morgan fingerprint density at radius 1 is 1.21 bits per heavy atom. The smallest absolute Gasteiger partial charge is 0.123 e. The van der Waals surface area contributed by atoms with Crippen LogP contribution >= 0.6 is 27.3 Å². The fourth-order valence-corrected chi connectivity index (χ4v) is 3.53. The van der Waals surface area contributed by atoms with Gasteiger partial charge in [0.2, 0.25) is 0 Å². The summed E-state index contributed by atoms with van der Waals surface area (Å²) in [5, 5.41) is 1.06. The van der Waals surface area contributed by atoms with E-state index in [0.29, 0.717) is 5.92 Å². The second-order valence-corrected chi connectivity index (χ2v) is 7.01. The van der Waals surface area contributed by atoms with Gasteiger partial charge in [-0.15, -0.1) is 11.3 Å². The first-order valence-corrected chi connectivity index (χ1v) is 7.90. The van der Waals surface area contributed by atoms with E-state index in [0.717, 1.165) is 20.7 Å². The molecule has 0 spiro atoms. The molecule has 0 amide bonds. The largest absolute Gasteiger partial charge is 0.374 e. The minimum absolute atomic E-state index is 0.0768. The van der Waals surface area contributed by atoms with Gasteiger partial charge in [-0.2, -0.15) is 0 Å². The lowest BCUT2D eigenvalue weighted by molar-refractivity contribution is 0.0645. The minimum Gasteiger partial charge on any atom is -0.374 e. The van der Waals surface area contributed by atoms with Crippen molar-refractivity contribution in [3.05, 3.63) is 38.6 Å². The number of nitrogens with zero attached hydrogens (tertiary/aromatic N) is 1. The molecule has 1 aromatic heterocycles. The van der Waals surface area contributed by atoms with Crippen LogP contribution in [0.15, 0.2) is 28.7 Å². The van der Waals surface area contributed by atoms with Crippen molar-refractivity contribution in [1.82, 2.24) is 4.98 Å². The molecular formula is C15H18BrNOS. The van der Waals surface area contributed by atoms with Crippen molar-refractivity contribution < 1.29 is 4.74 Å². The first kappa shape index (κ1) is 14.7. The van der Waals surface area contributed by atoms with E-state index in [-0.39, 0.29) is 6.10 Å². The van der Waals surface area contributed by atoms with Crippen LogP contribution < -0.4 is 0 Å². The molecule has 0 bridgehead atoms. The molecule has 0 saturated carbocycles. The quantitative estimate of drug-likeness (QED) is 0.761. The normalized spacial score (nSPS) is 12.9. The van der Waals surface area contributed by atoms with Gasteiger partial charge >= 0.3 is 0 Å². The average molecular weight is 340 g/mol. The van der Waals surface area contributed by atoms with Crippen molar-refractivity contribution in [3.63, 3.8) is 0 Å². The van der Waals surface area contributed by atoms with Gasteiger partial charge in [-0.1, -0.05) is 41.9 Å². The Kier molecular flexibility index (Phi) is 4.76. The van der Waals surface area contributed by atoms with Gasteiger partial charge in [0.1, 0.15) is 11.1 Å². The lowest BCUT2D eigenvalue weighted by atomic mass is 10.1. The van der Waals surface area contributed by atoms with Gasteiger partial charge in [0.15, 0.2) is 0 Å². The summed E-state index contributed by atoms with van der Waals surface area (Å²) in [6.45, 7) is 6.43. The summed E-state index contributed by atoms with van der Waals surface area (Å²) in [6, 6.07) is 8.27. The number of hydrogen-bond acceptors (Lipinski definition) is 3. The highest BCUT2D eigenvalue weighted by Crippen LogP contribution is 2.34. The second-order valence-electron chi connectivity index (χ2n) is 4.86. The molecule has 1 atom stereocenters. The summed E-state index contributed by atoms with van der Waals surface area (Å²) in [7, 11) is 1.75. The van der Waals surface area contributed by atoms with Gasteiger partial charge in [-0.25, -0.2) is 4.98 Å². The van der Waals surface area contributed by atoms with E-state index in [1.165, 1.54) is 4.88 Å². The van der Waals surface area contributed by atoms with Crippen LogP contribution in [0.1, 0.15) is 29.8 Å². The van der Waals surface area contributed by atoms with E-state index in [4.69, 9.17) is 9.72 Å². The topological polar surface area (TPSA) is 22.1 Å². The molecule has 0 saturated heterocycles. The van der Waals surface area contributed by atoms with E-state index in [1.54, 1.807) is 18.4 Å². The summed E-state index contributed by atoms with van der Waals surface area (Å²) in [5.41, 5.74) is 2.22. The minimum atomic E-state index is 0.0768. The maximum absolute atomic E-state index is 5.56. The summed E-state index contributed by atoms with van der Waals surface area (Å²) in [5.74, 6) is 0.424. The van der Waals surface area contributed by atoms with E-state index in [9.17, 15) is 0 Å². The average Bonchev–Trinajstić information content (AvgIpc) is 2.72. The Bertz CT molecular complexity index is 548. The molecule has 0 fully saturated rings. The number of aryl methyl sites for hydroxylation is 1. The Balaban J connectivity index is 2.38. The van der Waals surface area contributed by atoms with Gasteiger partial charge in [-0.05, 0) is 25.0 Å². The molecule has 4 heteroatoms. The van der Waals surface area contributed by atoms with Crippen LogP contribution in [0.3, 0.4) is 0 Å². The van der Waals surface area contributed by atoms with E-state index < -0.39 is 0 Å². The zero-order valence-corrected chi connectivity index (χ0v) is 14.0. The Labute approximate surface area is 127 Å². The molecule has 1 heterocycles. The summed E-state index contributed by atoms with van der Waals surface area (Å²) >= 11 is 5.18. The first-order valence-electron chi connectivity index (χ1n) is 6.29. The van der Waals surface area contributed by atoms with Crippen LogP contribution in [0, 0.1) is 12.8 Å². The summed E-state index contributed by atoms with van der Waals surface area (Å²) in [4.78, 5) is 6.02. The molecule has 0 N–H and O–H groups in total. The van der Waals surface area contributed by atoms with E-state index >= 15 is 0 Å². The van der Waals surface area contributed by atoms with Crippen LogP contribution in [-0.4, -0.2) is 12.1 Å². The number of thiazole rings is 1. The zero-order chi connectivity index (χ0) is 14.0. The van der Waals surface area contributed by atoms with Crippen LogP contribution in [0.25, 0.3) is 11.3 Å². The molecule has 2 nitrogen and oxygen atoms in total. The number of methoxy groups -OCH3 is 1. The van der Waals surface area contributed by atoms with Crippen molar-refractivity contribution in [2.24, 2.45) is 5.92 Å². The van der Waals surface area contributed by atoms with Gasteiger partial charge in [0, 0.05) is 22.0 Å². The van der Waals surface area contributed by atoms with Crippen LogP contribution in [0.2, 0.25) is 0 Å². The Morgan fingerprint density at radius 3 is 2.37 bits per heavy atom. The van der Waals surface area contributed by atoms with Gasteiger partial charge in [0.05, 0.1) is 5.69 Å². The number of rotatable bonds is 4. The molecule has 2 aromatic rings. The number of hydrogen-bond donors (Lipinski definition) is 0. The maximum Gasteiger partial charge on any atom is 0.123 e. The molecule has 0 aliphatic rings.